The predicted molar refractivity (Wildman–Crippen MR) is 83.8 cm³/mol. The van der Waals surface area contributed by atoms with E-state index in [1.807, 2.05) is 0 Å². The van der Waals surface area contributed by atoms with Crippen LogP contribution in [0.5, 0.6) is 0 Å². The maximum atomic E-state index is 14.0. The van der Waals surface area contributed by atoms with Gasteiger partial charge in [-0.05, 0) is 0 Å². The molecule has 0 aromatic rings. The summed E-state index contributed by atoms with van der Waals surface area (Å²) in [5.74, 6) is -72.4. The summed E-state index contributed by atoms with van der Waals surface area (Å²) in [6, 6.07) is 0. The number of hydrogen-bond donors (Lipinski definition) is 1. The molecule has 0 aliphatic carbocycles. The third kappa shape index (κ3) is 4.62. The molecule has 0 rings (SSSR count). The molecule has 0 aromatic carbocycles. The van der Waals surface area contributed by atoms with Crippen molar-refractivity contribution in [3.63, 3.8) is 0 Å². The van der Waals surface area contributed by atoms with Gasteiger partial charge < -0.3 is 5.11 Å². The maximum absolute atomic E-state index is 14.0. The average molecular weight is 671 g/mol. The van der Waals surface area contributed by atoms with Crippen molar-refractivity contribution in [3.8, 4) is 0 Å². The van der Waals surface area contributed by atoms with Crippen LogP contribution in [0.3, 0.4) is 0 Å². The van der Waals surface area contributed by atoms with Crippen LogP contribution in [-0.4, -0.2) is 96.3 Å². The van der Waals surface area contributed by atoms with Gasteiger partial charge in [0.05, 0.1) is 6.61 Å². The van der Waals surface area contributed by atoms with E-state index >= 15 is 0 Å². The van der Waals surface area contributed by atoms with Crippen molar-refractivity contribution in [1.29, 1.82) is 0 Å². The Kier molecular flexibility index (Phi) is 9.60. The Labute approximate surface area is 206 Å². The van der Waals surface area contributed by atoms with E-state index in [0.29, 0.717) is 6.92 Å². The number of aliphatic hydroxyl groups is 1. The van der Waals surface area contributed by atoms with E-state index in [-0.39, 0.29) is 0 Å². The van der Waals surface area contributed by atoms with Crippen LogP contribution in [0.4, 0.5) is 92.2 Å². The molecule has 0 saturated heterocycles. The first-order chi connectivity index (χ1) is 17.0. The van der Waals surface area contributed by atoms with Crippen molar-refractivity contribution < 1.29 is 106 Å². The molecular formula is C14H10F21NO3S. The number of hydrogen-bond acceptors (Lipinski definition) is 3. The minimum absolute atomic E-state index is 0.419. The number of nitrogens with zero attached hydrogens (tertiary/aromatic N) is 1. The molecular weight excluding hydrogens is 661 g/mol. The van der Waals surface area contributed by atoms with Gasteiger partial charge in [-0.25, -0.2) is 8.42 Å². The lowest BCUT2D eigenvalue weighted by atomic mass is 9.87. The highest BCUT2D eigenvalue weighted by atomic mass is 32.2. The largest absolute Gasteiger partial charge is 0.460 e. The van der Waals surface area contributed by atoms with Gasteiger partial charge in [0.1, 0.15) is 0 Å². The fraction of sp³-hybridized carbons (Fsp3) is 1.00. The molecule has 242 valence electrons. The van der Waals surface area contributed by atoms with Crippen LogP contribution in [0, 0.1) is 0 Å². The van der Waals surface area contributed by atoms with Gasteiger partial charge >= 0.3 is 58.8 Å². The summed E-state index contributed by atoms with van der Waals surface area (Å²) in [5.41, 5.74) is 0. The lowest BCUT2D eigenvalue weighted by Crippen LogP contribution is -2.77. The standard InChI is InChI=1S/C14H10F21NO3S/c1-2-36(3-4-37)40(38,39)14(34,35)12(29,30)10(25,26)8(21,22)6(17,18)5(15,16)7(19,20)9(23,24)11(27,28)13(31,32)33/h37H,2-4H2,1H3. The normalized spacial score (nSPS) is 16.6. The molecule has 0 aliphatic heterocycles. The molecule has 0 unspecified atom stereocenters. The summed E-state index contributed by atoms with van der Waals surface area (Å²) >= 11 is 0. The molecule has 4 nitrogen and oxygen atoms in total. The minimum atomic E-state index is -9.36. The molecule has 40 heavy (non-hydrogen) atoms. The minimum Gasteiger partial charge on any atom is -0.395 e. The molecule has 0 fully saturated rings. The van der Waals surface area contributed by atoms with Crippen LogP contribution in [0.1, 0.15) is 6.92 Å². The predicted octanol–water partition coefficient (Wildman–Crippen LogP) is 5.87. The van der Waals surface area contributed by atoms with E-state index in [0.717, 1.165) is 0 Å². The SMILES string of the molecule is CCN(CCO)S(=O)(=O)C(F)(F)C(F)(F)C(F)(F)C(F)(F)C(F)(F)C(F)(F)C(F)(F)C(F)(F)C(F)(F)C(F)(F)F. The van der Waals surface area contributed by atoms with E-state index in [4.69, 9.17) is 5.11 Å². The van der Waals surface area contributed by atoms with Gasteiger partial charge in [0.2, 0.25) is 0 Å². The van der Waals surface area contributed by atoms with Gasteiger partial charge in [0, 0.05) is 13.1 Å². The van der Waals surface area contributed by atoms with Crippen molar-refractivity contribution in [2.75, 3.05) is 19.7 Å². The lowest BCUT2D eigenvalue weighted by molar-refractivity contribution is -0.472. The number of halogens is 21. The first-order valence-electron chi connectivity index (χ1n) is 9.09. The molecule has 0 atom stereocenters. The zero-order chi connectivity index (χ0) is 33.2. The van der Waals surface area contributed by atoms with Gasteiger partial charge in [0.15, 0.2) is 0 Å². The third-order valence-corrected chi connectivity index (χ3v) is 6.87. The second kappa shape index (κ2) is 10.00. The van der Waals surface area contributed by atoms with E-state index in [9.17, 15) is 101 Å². The smallest absolute Gasteiger partial charge is 0.395 e. The molecule has 1 N–H and O–H groups in total. The highest BCUT2D eigenvalue weighted by Gasteiger charge is 2.98. The zero-order valence-electron chi connectivity index (χ0n) is 18.2. The number of sulfonamides is 1. The lowest BCUT2D eigenvalue weighted by Gasteiger charge is -2.44. The Morgan fingerprint density at radius 2 is 0.750 bits per heavy atom. The molecule has 0 heterocycles. The molecule has 0 spiro atoms. The van der Waals surface area contributed by atoms with E-state index in [1.54, 1.807) is 0 Å². The van der Waals surface area contributed by atoms with Crippen LogP contribution >= 0.6 is 0 Å². The van der Waals surface area contributed by atoms with Crippen molar-refractivity contribution in [3.05, 3.63) is 0 Å². The summed E-state index contributed by atoms with van der Waals surface area (Å²) in [6.45, 7) is -4.45. The summed E-state index contributed by atoms with van der Waals surface area (Å²) in [7, 11) is -7.53. The fourth-order valence-corrected chi connectivity index (χ4v) is 3.87. The van der Waals surface area contributed by atoms with E-state index in [1.165, 1.54) is 0 Å². The Bertz CT molecular complexity index is 1020. The zero-order valence-corrected chi connectivity index (χ0v) is 19.0. The van der Waals surface area contributed by atoms with Gasteiger partial charge in [-0.2, -0.15) is 96.5 Å². The summed E-state index contributed by atoms with van der Waals surface area (Å²) in [6.07, 6.45) is -8.08. The summed E-state index contributed by atoms with van der Waals surface area (Å²) < 4.78 is 302. The number of likely N-dealkylation sites (N-methyl/N-ethyl adjacent to an activating group) is 1. The Morgan fingerprint density at radius 1 is 0.500 bits per heavy atom. The monoisotopic (exact) mass is 671 g/mol. The highest BCUT2D eigenvalue weighted by molar-refractivity contribution is 7.90. The maximum Gasteiger partial charge on any atom is 0.460 e. The molecule has 0 bridgehead atoms. The third-order valence-electron chi connectivity index (χ3n) is 4.85. The molecule has 0 amide bonds. The molecule has 0 radical (unpaired) electrons. The van der Waals surface area contributed by atoms with Crippen LogP contribution in [0.25, 0.3) is 0 Å². The molecule has 0 aliphatic rings. The first kappa shape index (κ1) is 38.4. The van der Waals surface area contributed by atoms with Gasteiger partial charge in [-0.3, -0.25) is 0 Å². The summed E-state index contributed by atoms with van der Waals surface area (Å²) in [4.78, 5) is 0. The second-order valence-electron chi connectivity index (χ2n) is 7.33. The van der Waals surface area contributed by atoms with Crippen LogP contribution in [0.2, 0.25) is 0 Å². The van der Waals surface area contributed by atoms with Crippen molar-refractivity contribution in [2.45, 2.75) is 65.7 Å². The molecule has 0 saturated carbocycles. The fourth-order valence-electron chi connectivity index (χ4n) is 2.43. The van der Waals surface area contributed by atoms with Crippen molar-refractivity contribution in [1.82, 2.24) is 4.31 Å². The Hall–Kier alpha value is -1.60. The first-order valence-corrected chi connectivity index (χ1v) is 10.5. The van der Waals surface area contributed by atoms with E-state index < -0.39 is 92.8 Å². The topological polar surface area (TPSA) is 57.6 Å². The second-order valence-corrected chi connectivity index (χ2v) is 9.31. The molecule has 26 heteroatoms. The van der Waals surface area contributed by atoms with Crippen LogP contribution < -0.4 is 0 Å². The van der Waals surface area contributed by atoms with Gasteiger partial charge in [0.25, 0.3) is 10.0 Å². The number of rotatable bonds is 13. The Balaban J connectivity index is 7.30. The van der Waals surface area contributed by atoms with E-state index in [2.05, 4.69) is 0 Å². The quantitative estimate of drug-likeness (QED) is 0.250. The van der Waals surface area contributed by atoms with Crippen molar-refractivity contribution >= 4 is 10.0 Å². The van der Waals surface area contributed by atoms with Crippen LogP contribution in [-0.2, 0) is 10.0 Å². The average Bonchev–Trinajstić information content (AvgIpc) is 2.75. The highest BCUT2D eigenvalue weighted by Crippen LogP contribution is 2.66. The van der Waals surface area contributed by atoms with Crippen LogP contribution in [0.15, 0.2) is 0 Å². The van der Waals surface area contributed by atoms with Crippen molar-refractivity contribution in [2.24, 2.45) is 0 Å². The Morgan fingerprint density at radius 3 is 0.975 bits per heavy atom. The van der Waals surface area contributed by atoms with Gasteiger partial charge in [-0.1, -0.05) is 6.92 Å². The summed E-state index contributed by atoms with van der Waals surface area (Å²) in [5, 5.41) is 0.669. The van der Waals surface area contributed by atoms with Gasteiger partial charge in [-0.15, -0.1) is 0 Å². The number of alkyl halides is 21. The number of aliphatic hydroxyl groups excluding tert-OH is 1. The molecule has 0 aromatic heterocycles.